The van der Waals surface area contributed by atoms with Gasteiger partial charge in [0.05, 0.1) is 37.9 Å². The molecule has 0 aromatic heterocycles. The van der Waals surface area contributed by atoms with Gasteiger partial charge < -0.3 is 26.2 Å². The molecule has 0 bridgehead atoms. The van der Waals surface area contributed by atoms with Crippen molar-refractivity contribution in [3.05, 3.63) is 0 Å². The average molecular weight is 707 g/mol. The number of aliphatic hydroxyl groups excluding tert-OH is 2. The van der Waals surface area contributed by atoms with E-state index in [2.05, 4.69) is 19.2 Å². The van der Waals surface area contributed by atoms with Crippen LogP contribution in [-0.4, -0.2) is 59.0 Å². The van der Waals surface area contributed by atoms with Gasteiger partial charge in [-0.15, -0.1) is 0 Å². The smallest absolute Gasteiger partial charge is 0.393 e. The highest BCUT2D eigenvalue weighted by molar-refractivity contribution is 7.47. The highest BCUT2D eigenvalue weighted by Gasteiger charge is 2.28. The van der Waals surface area contributed by atoms with Crippen LogP contribution in [0.3, 0.4) is 0 Å². The Morgan fingerprint density at radius 3 is 1.40 bits per heavy atom. The molecule has 0 heterocycles. The van der Waals surface area contributed by atoms with Crippen molar-refractivity contribution >= 4 is 13.7 Å². The van der Waals surface area contributed by atoms with Gasteiger partial charge >= 0.3 is 7.82 Å². The number of hydrogen-bond acceptors (Lipinski definition) is 7. The van der Waals surface area contributed by atoms with E-state index in [1.165, 1.54) is 128 Å². The molecular weight excluding hydrogens is 627 g/mol. The first-order valence-electron chi connectivity index (χ1n) is 20.2. The van der Waals surface area contributed by atoms with Crippen LogP contribution in [0.25, 0.3) is 0 Å². The second-order valence-corrected chi connectivity index (χ2v) is 15.5. The van der Waals surface area contributed by atoms with Gasteiger partial charge in [0.25, 0.3) is 0 Å². The average Bonchev–Trinajstić information content (AvgIpc) is 3.06. The zero-order valence-electron chi connectivity index (χ0n) is 31.4. The predicted molar refractivity (Wildman–Crippen MR) is 200 cm³/mol. The van der Waals surface area contributed by atoms with Crippen LogP contribution in [-0.2, 0) is 18.4 Å². The monoisotopic (exact) mass is 707 g/mol. The SMILES string of the molecule is CCCCCCCCCCCCCCCCCCC(O)C(COP(=O)(O)OCCN)NC(=O)CC(O)CCCCCCCCCCCC. The maximum Gasteiger partial charge on any atom is 0.472 e. The molecular formula is C38H79N2O7P. The Hall–Kier alpha value is -0.540. The van der Waals surface area contributed by atoms with Gasteiger partial charge in [-0.1, -0.05) is 181 Å². The lowest BCUT2D eigenvalue weighted by molar-refractivity contribution is -0.125. The van der Waals surface area contributed by atoms with E-state index in [9.17, 15) is 24.5 Å². The van der Waals surface area contributed by atoms with Crippen molar-refractivity contribution in [1.82, 2.24) is 5.32 Å². The van der Waals surface area contributed by atoms with Gasteiger partial charge in [-0.05, 0) is 12.8 Å². The van der Waals surface area contributed by atoms with Crippen LogP contribution in [0.15, 0.2) is 0 Å². The lowest BCUT2D eigenvalue weighted by Gasteiger charge is -2.25. The number of nitrogens with two attached hydrogens (primary N) is 1. The molecule has 0 aliphatic rings. The number of carbonyl (C=O) groups is 1. The largest absolute Gasteiger partial charge is 0.472 e. The Kier molecular flexibility index (Phi) is 34.5. The summed E-state index contributed by atoms with van der Waals surface area (Å²) in [4.78, 5) is 22.7. The fourth-order valence-corrected chi connectivity index (χ4v) is 6.94. The number of rotatable bonds is 38. The maximum absolute atomic E-state index is 12.8. The first-order chi connectivity index (χ1) is 23.3. The van der Waals surface area contributed by atoms with E-state index in [0.717, 1.165) is 38.5 Å². The minimum absolute atomic E-state index is 0.0624. The standard InChI is InChI=1S/C38H79N2O7P/c1-3-5-7-9-11-13-15-16-17-18-19-20-22-24-26-28-30-37(42)36(34-47-48(44,45)46-32-31-39)40-38(43)33-35(41)29-27-25-23-21-14-12-10-8-6-4-2/h35-37,41-42H,3-34,39H2,1-2H3,(H,40,43)(H,44,45). The number of hydrogen-bond donors (Lipinski definition) is 5. The number of carbonyl (C=O) groups excluding carboxylic acids is 1. The molecule has 6 N–H and O–H groups in total. The highest BCUT2D eigenvalue weighted by Crippen LogP contribution is 2.43. The van der Waals surface area contributed by atoms with Crippen molar-refractivity contribution in [2.45, 2.75) is 218 Å². The molecule has 0 spiro atoms. The molecule has 48 heavy (non-hydrogen) atoms. The van der Waals surface area contributed by atoms with Crippen molar-refractivity contribution in [3.8, 4) is 0 Å². The van der Waals surface area contributed by atoms with Crippen molar-refractivity contribution in [3.63, 3.8) is 0 Å². The Morgan fingerprint density at radius 1 is 0.625 bits per heavy atom. The molecule has 4 atom stereocenters. The summed E-state index contributed by atoms with van der Waals surface area (Å²) in [6.07, 6.45) is 31.4. The summed E-state index contributed by atoms with van der Waals surface area (Å²) >= 11 is 0. The second kappa shape index (κ2) is 34.9. The van der Waals surface area contributed by atoms with Gasteiger partial charge in [0.15, 0.2) is 0 Å². The van der Waals surface area contributed by atoms with E-state index >= 15 is 0 Å². The first-order valence-corrected chi connectivity index (χ1v) is 21.7. The molecule has 0 fully saturated rings. The molecule has 10 heteroatoms. The molecule has 0 radical (unpaired) electrons. The molecule has 0 saturated heterocycles. The molecule has 0 saturated carbocycles. The molecule has 4 unspecified atom stereocenters. The summed E-state index contributed by atoms with van der Waals surface area (Å²) in [5, 5.41) is 24.1. The lowest BCUT2D eigenvalue weighted by Crippen LogP contribution is -2.47. The van der Waals surface area contributed by atoms with Gasteiger partial charge in [0, 0.05) is 6.54 Å². The highest BCUT2D eigenvalue weighted by atomic mass is 31.2. The minimum atomic E-state index is -4.36. The van der Waals surface area contributed by atoms with Crippen LogP contribution in [0.4, 0.5) is 0 Å². The summed E-state index contributed by atoms with van der Waals surface area (Å²) in [5.74, 6) is -0.412. The summed E-state index contributed by atoms with van der Waals surface area (Å²) in [6, 6.07) is -0.889. The zero-order chi connectivity index (χ0) is 35.6. The number of unbranched alkanes of at least 4 members (excludes halogenated alkanes) is 24. The van der Waals surface area contributed by atoms with Gasteiger partial charge in [-0.3, -0.25) is 13.8 Å². The second-order valence-electron chi connectivity index (χ2n) is 14.0. The number of phosphoric acid groups is 1. The van der Waals surface area contributed by atoms with Gasteiger partial charge in [0.2, 0.25) is 5.91 Å². The third-order valence-corrected chi connectivity index (χ3v) is 10.2. The number of phosphoric ester groups is 1. The van der Waals surface area contributed by atoms with Crippen LogP contribution in [0.1, 0.15) is 200 Å². The van der Waals surface area contributed by atoms with Crippen LogP contribution in [0.2, 0.25) is 0 Å². The van der Waals surface area contributed by atoms with Crippen molar-refractivity contribution < 1.29 is 33.5 Å². The molecule has 0 aromatic rings. The first kappa shape index (κ1) is 47.5. The zero-order valence-corrected chi connectivity index (χ0v) is 32.3. The summed E-state index contributed by atoms with van der Waals surface area (Å²) in [5.41, 5.74) is 5.36. The van der Waals surface area contributed by atoms with Gasteiger partial charge in [0.1, 0.15) is 0 Å². The van der Waals surface area contributed by atoms with Crippen molar-refractivity contribution in [1.29, 1.82) is 0 Å². The molecule has 9 nitrogen and oxygen atoms in total. The molecule has 0 aliphatic heterocycles. The third-order valence-electron chi connectivity index (χ3n) is 9.27. The molecule has 288 valence electrons. The van der Waals surface area contributed by atoms with E-state index in [0.29, 0.717) is 12.8 Å². The summed E-state index contributed by atoms with van der Waals surface area (Å²) in [6.45, 7) is 4.04. The van der Waals surface area contributed by atoms with E-state index in [1.807, 2.05) is 0 Å². The Morgan fingerprint density at radius 2 is 1.00 bits per heavy atom. The number of nitrogens with one attached hydrogen (secondary N) is 1. The van der Waals surface area contributed by atoms with Crippen LogP contribution in [0, 0.1) is 0 Å². The van der Waals surface area contributed by atoms with E-state index in [4.69, 9.17) is 14.8 Å². The van der Waals surface area contributed by atoms with Crippen molar-refractivity contribution in [2.24, 2.45) is 5.73 Å². The normalized spacial score (nSPS) is 14.9. The van der Waals surface area contributed by atoms with E-state index in [-0.39, 0.29) is 26.2 Å². The molecule has 0 aliphatic carbocycles. The Bertz CT molecular complexity index is 746. The van der Waals surface area contributed by atoms with Crippen molar-refractivity contribution in [2.75, 3.05) is 19.8 Å². The topological polar surface area (TPSA) is 151 Å². The van der Waals surface area contributed by atoms with Crippen LogP contribution < -0.4 is 11.1 Å². The quantitative estimate of drug-likeness (QED) is 0.0315. The van der Waals surface area contributed by atoms with Gasteiger partial charge in [-0.2, -0.15) is 0 Å². The van der Waals surface area contributed by atoms with E-state index in [1.54, 1.807) is 0 Å². The summed E-state index contributed by atoms with van der Waals surface area (Å²) in [7, 11) is -4.36. The predicted octanol–water partition coefficient (Wildman–Crippen LogP) is 9.64. The molecule has 0 rings (SSSR count). The molecule has 0 aromatic carbocycles. The number of amides is 1. The minimum Gasteiger partial charge on any atom is -0.393 e. The fraction of sp³-hybridized carbons (Fsp3) is 0.974. The van der Waals surface area contributed by atoms with Gasteiger partial charge in [-0.25, -0.2) is 4.57 Å². The fourth-order valence-electron chi connectivity index (χ4n) is 6.18. The maximum atomic E-state index is 12.8. The number of aliphatic hydroxyl groups is 2. The van der Waals surface area contributed by atoms with Crippen LogP contribution >= 0.6 is 7.82 Å². The Balaban J connectivity index is 4.30. The molecule has 1 amide bonds. The van der Waals surface area contributed by atoms with Crippen LogP contribution in [0.5, 0.6) is 0 Å². The third kappa shape index (κ3) is 32.7. The van der Waals surface area contributed by atoms with E-state index < -0.39 is 32.0 Å². The Labute approximate surface area is 295 Å². The lowest BCUT2D eigenvalue weighted by atomic mass is 10.0. The summed E-state index contributed by atoms with van der Waals surface area (Å²) < 4.78 is 22.1.